The summed E-state index contributed by atoms with van der Waals surface area (Å²) in [5.41, 5.74) is 0.116. The van der Waals surface area contributed by atoms with Crippen LogP contribution in [0.2, 0.25) is 0 Å². The van der Waals surface area contributed by atoms with Crippen molar-refractivity contribution in [3.63, 3.8) is 0 Å². The Kier molecular flexibility index (Phi) is 4.30. The van der Waals surface area contributed by atoms with Crippen LogP contribution in [0.3, 0.4) is 0 Å². The van der Waals surface area contributed by atoms with E-state index in [0.717, 1.165) is 5.82 Å². The molecule has 0 spiro atoms. The van der Waals surface area contributed by atoms with Gasteiger partial charge in [-0.05, 0) is 19.1 Å². The second-order valence-electron chi connectivity index (χ2n) is 3.80. The summed E-state index contributed by atoms with van der Waals surface area (Å²) < 4.78 is 0. The number of hydrogen-bond donors (Lipinski definition) is 3. The van der Waals surface area contributed by atoms with Gasteiger partial charge in [0.15, 0.2) is 10.8 Å². The average Bonchev–Trinajstić information content (AvgIpc) is 2.77. The molecule has 0 unspecified atom stereocenters. The monoisotopic (exact) mass is 278 g/mol. The van der Waals surface area contributed by atoms with Crippen LogP contribution < -0.4 is 10.6 Å². The van der Waals surface area contributed by atoms with Crippen LogP contribution in [0.4, 0.5) is 10.9 Å². The molecule has 0 saturated heterocycles. The molecule has 2 rings (SSSR count). The number of aromatic nitrogens is 2. The van der Waals surface area contributed by atoms with Crippen LogP contribution in [0.1, 0.15) is 15.4 Å². The van der Waals surface area contributed by atoms with Gasteiger partial charge in [0.05, 0.1) is 0 Å². The zero-order valence-electron chi connectivity index (χ0n) is 10.4. The van der Waals surface area contributed by atoms with Gasteiger partial charge in [0.2, 0.25) is 0 Å². The van der Waals surface area contributed by atoms with Gasteiger partial charge in [0, 0.05) is 24.2 Å². The van der Waals surface area contributed by atoms with E-state index in [1.54, 1.807) is 13.1 Å². The number of carboxylic acids is 1. The quantitative estimate of drug-likeness (QED) is 0.701. The van der Waals surface area contributed by atoms with Crippen LogP contribution in [0.25, 0.3) is 0 Å². The highest BCUT2D eigenvalue weighted by Crippen LogP contribution is 2.21. The minimum Gasteiger partial charge on any atom is -0.476 e. The number of nitrogens with zero attached hydrogens (tertiary/aromatic N) is 2. The highest BCUT2D eigenvalue weighted by atomic mass is 32.1. The van der Waals surface area contributed by atoms with E-state index < -0.39 is 5.97 Å². The molecule has 19 heavy (non-hydrogen) atoms. The molecular formula is C12H14N4O2S. The number of aromatic carboxylic acids is 1. The Hall–Kier alpha value is -2.15. The number of thiazole rings is 1. The van der Waals surface area contributed by atoms with Gasteiger partial charge >= 0.3 is 5.97 Å². The third kappa shape index (κ3) is 3.65. The van der Waals surface area contributed by atoms with Crippen LogP contribution in [-0.2, 0) is 0 Å². The first-order valence-corrected chi connectivity index (χ1v) is 6.58. The second kappa shape index (κ2) is 6.14. The molecule has 2 aromatic heterocycles. The first-order valence-electron chi connectivity index (χ1n) is 5.76. The summed E-state index contributed by atoms with van der Waals surface area (Å²) in [5.74, 6) is -0.181. The Morgan fingerprint density at radius 2 is 2.16 bits per heavy atom. The normalized spacial score (nSPS) is 10.2. The number of rotatable bonds is 6. The zero-order valence-corrected chi connectivity index (χ0v) is 11.2. The van der Waals surface area contributed by atoms with Crippen LogP contribution >= 0.6 is 11.3 Å². The topological polar surface area (TPSA) is 87.1 Å². The first-order chi connectivity index (χ1) is 9.16. The summed E-state index contributed by atoms with van der Waals surface area (Å²) in [5, 5.41) is 15.7. The summed E-state index contributed by atoms with van der Waals surface area (Å²) in [4.78, 5) is 19.7. The lowest BCUT2D eigenvalue weighted by Crippen LogP contribution is -2.14. The molecule has 100 valence electrons. The van der Waals surface area contributed by atoms with Gasteiger partial charge in [-0.25, -0.2) is 14.8 Å². The van der Waals surface area contributed by atoms with E-state index in [4.69, 9.17) is 5.11 Å². The maximum Gasteiger partial charge on any atom is 0.355 e. The van der Waals surface area contributed by atoms with Gasteiger partial charge < -0.3 is 15.7 Å². The molecule has 0 aliphatic rings. The Morgan fingerprint density at radius 3 is 2.79 bits per heavy atom. The van der Waals surface area contributed by atoms with Crippen LogP contribution in [-0.4, -0.2) is 34.1 Å². The fourth-order valence-electron chi connectivity index (χ4n) is 1.50. The highest BCUT2D eigenvalue weighted by molar-refractivity contribution is 7.15. The molecule has 0 aromatic carbocycles. The number of anilines is 2. The average molecular weight is 278 g/mol. The number of carbonyl (C=O) groups is 1. The second-order valence-corrected chi connectivity index (χ2v) is 5.00. The molecule has 0 bridgehead atoms. The highest BCUT2D eigenvalue weighted by Gasteiger charge is 2.13. The molecular weight excluding hydrogens is 264 g/mol. The molecule has 0 atom stereocenters. The van der Waals surface area contributed by atoms with Gasteiger partial charge in [0.1, 0.15) is 5.82 Å². The lowest BCUT2D eigenvalue weighted by molar-refractivity contribution is 0.0690. The predicted octanol–water partition coefficient (Wildman–Crippen LogP) is 2.07. The van der Waals surface area contributed by atoms with E-state index in [1.165, 1.54) is 11.3 Å². The maximum absolute atomic E-state index is 10.8. The number of pyridine rings is 1. The Morgan fingerprint density at radius 1 is 1.37 bits per heavy atom. The molecule has 2 aromatic rings. The molecule has 0 radical (unpaired) electrons. The smallest absolute Gasteiger partial charge is 0.355 e. The van der Waals surface area contributed by atoms with Gasteiger partial charge in [-0.3, -0.25) is 0 Å². The maximum atomic E-state index is 10.8. The van der Waals surface area contributed by atoms with E-state index in [1.807, 2.05) is 18.2 Å². The lowest BCUT2D eigenvalue weighted by Gasteiger charge is -2.05. The van der Waals surface area contributed by atoms with Gasteiger partial charge in [-0.2, -0.15) is 0 Å². The molecule has 0 aliphatic heterocycles. The van der Waals surface area contributed by atoms with Crippen LogP contribution in [0.5, 0.6) is 0 Å². The number of aryl methyl sites for hydroxylation is 1. The predicted molar refractivity (Wildman–Crippen MR) is 75.0 cm³/mol. The fourth-order valence-corrected chi connectivity index (χ4v) is 2.33. The van der Waals surface area contributed by atoms with Crippen molar-refractivity contribution < 1.29 is 9.90 Å². The first kappa shape index (κ1) is 13.3. The van der Waals surface area contributed by atoms with Crippen molar-refractivity contribution in [1.82, 2.24) is 9.97 Å². The molecule has 6 nitrogen and oxygen atoms in total. The minimum absolute atomic E-state index is 0.116. The van der Waals surface area contributed by atoms with Crippen molar-refractivity contribution in [2.45, 2.75) is 6.92 Å². The molecule has 0 saturated carbocycles. The number of hydrogen-bond acceptors (Lipinski definition) is 6. The summed E-state index contributed by atoms with van der Waals surface area (Å²) in [7, 11) is 0. The summed E-state index contributed by atoms with van der Waals surface area (Å²) in [6, 6.07) is 5.65. The van der Waals surface area contributed by atoms with Gasteiger partial charge in [-0.1, -0.05) is 6.07 Å². The summed E-state index contributed by atoms with van der Waals surface area (Å²) in [6.45, 7) is 3.07. The fraction of sp³-hybridized carbons (Fsp3) is 0.250. The van der Waals surface area contributed by atoms with Crippen molar-refractivity contribution in [2.75, 3.05) is 23.7 Å². The van der Waals surface area contributed by atoms with Crippen molar-refractivity contribution in [1.29, 1.82) is 0 Å². The van der Waals surface area contributed by atoms with E-state index in [-0.39, 0.29) is 5.69 Å². The van der Waals surface area contributed by atoms with E-state index in [0.29, 0.717) is 23.1 Å². The molecule has 3 N–H and O–H groups in total. The Labute approximate surface area is 114 Å². The van der Waals surface area contributed by atoms with Crippen molar-refractivity contribution in [3.05, 3.63) is 35.0 Å². The van der Waals surface area contributed by atoms with E-state index in [2.05, 4.69) is 20.6 Å². The van der Waals surface area contributed by atoms with E-state index >= 15 is 0 Å². The molecule has 7 heteroatoms. The summed E-state index contributed by atoms with van der Waals surface area (Å²) >= 11 is 1.34. The third-order valence-electron chi connectivity index (χ3n) is 2.37. The van der Waals surface area contributed by atoms with Crippen LogP contribution in [0, 0.1) is 6.92 Å². The SMILES string of the molecule is Cc1sc(NCCNc2ccccn2)nc1C(=O)O. The van der Waals surface area contributed by atoms with Crippen LogP contribution in [0.15, 0.2) is 24.4 Å². The number of nitrogens with one attached hydrogen (secondary N) is 2. The Balaban J connectivity index is 1.80. The standard InChI is InChI=1S/C12H14N4O2S/c1-8-10(11(17)18)16-12(19-8)15-7-6-14-9-4-2-3-5-13-9/h2-5H,6-7H2,1H3,(H,13,14)(H,15,16)(H,17,18). The lowest BCUT2D eigenvalue weighted by atomic mass is 10.4. The largest absolute Gasteiger partial charge is 0.476 e. The van der Waals surface area contributed by atoms with E-state index in [9.17, 15) is 4.79 Å². The molecule has 0 amide bonds. The minimum atomic E-state index is -0.992. The van der Waals surface area contributed by atoms with Crippen molar-refractivity contribution in [3.8, 4) is 0 Å². The number of carboxylic acid groups (broad SMARTS) is 1. The van der Waals surface area contributed by atoms with Gasteiger partial charge in [-0.15, -0.1) is 11.3 Å². The Bertz CT molecular complexity index is 556. The molecule has 0 fully saturated rings. The van der Waals surface area contributed by atoms with Crippen molar-refractivity contribution in [2.24, 2.45) is 0 Å². The van der Waals surface area contributed by atoms with Gasteiger partial charge in [0.25, 0.3) is 0 Å². The summed E-state index contributed by atoms with van der Waals surface area (Å²) in [6.07, 6.45) is 1.72. The van der Waals surface area contributed by atoms with Crippen molar-refractivity contribution >= 4 is 28.3 Å². The molecule has 0 aliphatic carbocycles. The third-order valence-corrected chi connectivity index (χ3v) is 3.30. The zero-order chi connectivity index (χ0) is 13.7. The molecule has 2 heterocycles.